The van der Waals surface area contributed by atoms with Gasteiger partial charge in [0.2, 0.25) is 5.91 Å². The fourth-order valence-corrected chi connectivity index (χ4v) is 6.89. The van der Waals surface area contributed by atoms with Crippen molar-refractivity contribution in [3.05, 3.63) is 132 Å². The van der Waals surface area contributed by atoms with Gasteiger partial charge in [-0.15, -0.1) is 0 Å². The zero-order valence-corrected chi connectivity index (χ0v) is 22.6. The quantitative estimate of drug-likeness (QED) is 0.257. The van der Waals surface area contributed by atoms with Crippen molar-refractivity contribution in [2.45, 2.75) is 30.7 Å². The monoisotopic (exact) mass is 526 g/mol. The molecule has 2 aliphatic rings. The van der Waals surface area contributed by atoms with Gasteiger partial charge in [0.25, 0.3) is 0 Å². The van der Waals surface area contributed by atoms with Gasteiger partial charge in [0.1, 0.15) is 11.3 Å². The summed E-state index contributed by atoms with van der Waals surface area (Å²) in [4.78, 5) is 16.6. The third kappa shape index (κ3) is 4.63. The molecule has 4 heteroatoms. The summed E-state index contributed by atoms with van der Waals surface area (Å²) in [6.07, 6.45) is 1.93. The highest BCUT2D eigenvalue weighted by molar-refractivity contribution is 5.85. The average Bonchev–Trinajstić information content (AvgIpc) is 3.69. The molecule has 2 unspecified atom stereocenters. The van der Waals surface area contributed by atoms with Crippen molar-refractivity contribution in [1.29, 1.82) is 0 Å². The summed E-state index contributed by atoms with van der Waals surface area (Å²) < 4.78 is 6.28. The summed E-state index contributed by atoms with van der Waals surface area (Å²) in [5.41, 5.74) is 5.74. The van der Waals surface area contributed by atoms with E-state index in [1.54, 1.807) is 0 Å². The lowest BCUT2D eigenvalue weighted by Gasteiger charge is -2.42. The van der Waals surface area contributed by atoms with E-state index in [-0.39, 0.29) is 23.8 Å². The van der Waals surface area contributed by atoms with Crippen molar-refractivity contribution in [3.8, 4) is 11.3 Å². The molecule has 4 nitrogen and oxygen atoms in total. The Morgan fingerprint density at radius 2 is 1.48 bits per heavy atom. The average molecular weight is 527 g/mol. The number of para-hydroxylation sites is 1. The molecule has 7 rings (SSSR count). The van der Waals surface area contributed by atoms with E-state index in [2.05, 4.69) is 107 Å². The number of furan rings is 1. The molecule has 4 atom stereocenters. The third-order valence-electron chi connectivity index (χ3n) is 8.92. The van der Waals surface area contributed by atoms with Crippen LogP contribution in [-0.2, 0) is 4.79 Å². The van der Waals surface area contributed by atoms with E-state index in [1.807, 2.05) is 18.2 Å². The molecule has 200 valence electrons. The van der Waals surface area contributed by atoms with Crippen LogP contribution >= 0.6 is 0 Å². The van der Waals surface area contributed by atoms with Crippen LogP contribution in [0.25, 0.3) is 22.3 Å². The van der Waals surface area contributed by atoms with Crippen LogP contribution in [0, 0.1) is 5.92 Å². The molecule has 0 aliphatic carbocycles. The SMILES string of the molecule is O=C([C@@H]1CNC[C@H]1c1ccccc1-c1cc2ccccc2o1)N1CCC(c2ccccc2)CC1c1ccccc1. The standard InChI is InChI=1S/C36H34N2O2/c39-36(38-20-19-27(25-11-3-1-4-12-25)21-33(38)26-13-5-2-6-14-26)32-24-37-23-31(32)29-16-8-9-17-30(29)35-22-28-15-7-10-18-34(28)40-35/h1-18,22,27,31-33,37H,19-21,23-24H2/t27?,31-,32+,33?/m0/s1. The van der Waals surface area contributed by atoms with Crippen LogP contribution in [0.1, 0.15) is 47.4 Å². The minimum atomic E-state index is -0.120. The van der Waals surface area contributed by atoms with E-state index in [1.165, 1.54) is 16.7 Å². The first kappa shape index (κ1) is 24.9. The van der Waals surface area contributed by atoms with Gasteiger partial charge >= 0.3 is 0 Å². The minimum absolute atomic E-state index is 0.0690. The maximum Gasteiger partial charge on any atom is 0.228 e. The Hall–Kier alpha value is -4.15. The highest BCUT2D eigenvalue weighted by Crippen LogP contribution is 2.43. The largest absolute Gasteiger partial charge is 0.456 e. The van der Waals surface area contributed by atoms with Crippen molar-refractivity contribution in [1.82, 2.24) is 10.2 Å². The van der Waals surface area contributed by atoms with Gasteiger partial charge in [0, 0.05) is 36.5 Å². The van der Waals surface area contributed by atoms with Crippen LogP contribution in [0.2, 0.25) is 0 Å². The molecule has 40 heavy (non-hydrogen) atoms. The number of hydrogen-bond donors (Lipinski definition) is 1. The third-order valence-corrected chi connectivity index (χ3v) is 8.92. The number of piperidine rings is 1. The summed E-state index contributed by atoms with van der Waals surface area (Å²) in [6.45, 7) is 2.24. The van der Waals surface area contributed by atoms with E-state index < -0.39 is 0 Å². The van der Waals surface area contributed by atoms with Crippen molar-refractivity contribution in [2.24, 2.45) is 5.92 Å². The van der Waals surface area contributed by atoms with E-state index in [4.69, 9.17) is 4.42 Å². The summed E-state index contributed by atoms with van der Waals surface area (Å²) in [5, 5.41) is 4.65. The molecular weight excluding hydrogens is 492 g/mol. The van der Waals surface area contributed by atoms with Crippen LogP contribution in [0.15, 0.2) is 120 Å². The maximum atomic E-state index is 14.5. The topological polar surface area (TPSA) is 45.5 Å². The molecule has 1 amide bonds. The molecule has 0 radical (unpaired) electrons. The molecular formula is C36H34N2O2. The predicted octanol–water partition coefficient (Wildman–Crippen LogP) is 7.55. The van der Waals surface area contributed by atoms with Crippen LogP contribution in [-0.4, -0.2) is 30.4 Å². The zero-order chi connectivity index (χ0) is 26.9. The summed E-state index contributed by atoms with van der Waals surface area (Å²) in [5.74, 6) is 1.53. The smallest absolute Gasteiger partial charge is 0.228 e. The highest BCUT2D eigenvalue weighted by atomic mass is 16.3. The number of benzene rings is 4. The second-order valence-electron chi connectivity index (χ2n) is 11.2. The summed E-state index contributed by atoms with van der Waals surface area (Å²) in [6, 6.07) is 40.1. The molecule has 5 aromatic rings. The fourth-order valence-electron chi connectivity index (χ4n) is 6.89. The Labute approximate surface area is 235 Å². The highest BCUT2D eigenvalue weighted by Gasteiger charge is 2.41. The van der Waals surface area contributed by atoms with Crippen LogP contribution < -0.4 is 5.32 Å². The fraction of sp³-hybridized carbons (Fsp3) is 0.250. The number of likely N-dealkylation sites (tertiary alicyclic amines) is 1. The van der Waals surface area contributed by atoms with Crippen LogP contribution in [0.3, 0.4) is 0 Å². The first-order chi connectivity index (χ1) is 19.8. The van der Waals surface area contributed by atoms with Gasteiger partial charge < -0.3 is 14.6 Å². The lowest BCUT2D eigenvalue weighted by atomic mass is 9.80. The number of nitrogens with one attached hydrogen (secondary N) is 1. The molecule has 0 bridgehead atoms. The molecule has 2 fully saturated rings. The zero-order valence-electron chi connectivity index (χ0n) is 22.6. The van der Waals surface area contributed by atoms with Crippen LogP contribution in [0.5, 0.6) is 0 Å². The summed E-state index contributed by atoms with van der Waals surface area (Å²) in [7, 11) is 0. The molecule has 2 saturated heterocycles. The molecule has 0 spiro atoms. The van der Waals surface area contributed by atoms with Gasteiger partial charge in [-0.25, -0.2) is 0 Å². The number of fused-ring (bicyclic) bond motifs is 1. The second kappa shape index (κ2) is 10.8. The molecule has 3 heterocycles. The van der Waals surface area contributed by atoms with Gasteiger partial charge in [0.15, 0.2) is 0 Å². The van der Waals surface area contributed by atoms with E-state index >= 15 is 0 Å². The second-order valence-corrected chi connectivity index (χ2v) is 11.2. The molecule has 1 aromatic heterocycles. The first-order valence-corrected chi connectivity index (χ1v) is 14.5. The number of carbonyl (C=O) groups is 1. The Balaban J connectivity index is 1.20. The van der Waals surface area contributed by atoms with Crippen molar-refractivity contribution < 1.29 is 9.21 Å². The maximum absolute atomic E-state index is 14.5. The molecule has 2 aliphatic heterocycles. The van der Waals surface area contributed by atoms with E-state index in [0.29, 0.717) is 12.5 Å². The number of rotatable bonds is 5. The van der Waals surface area contributed by atoms with Gasteiger partial charge in [0.05, 0.1) is 12.0 Å². The van der Waals surface area contributed by atoms with Gasteiger partial charge in [-0.3, -0.25) is 4.79 Å². The van der Waals surface area contributed by atoms with Crippen LogP contribution in [0.4, 0.5) is 0 Å². The molecule has 4 aromatic carbocycles. The van der Waals surface area contributed by atoms with Gasteiger partial charge in [-0.2, -0.15) is 0 Å². The number of amides is 1. The summed E-state index contributed by atoms with van der Waals surface area (Å²) >= 11 is 0. The number of nitrogens with zero attached hydrogens (tertiary/aromatic N) is 1. The minimum Gasteiger partial charge on any atom is -0.456 e. The predicted molar refractivity (Wildman–Crippen MR) is 160 cm³/mol. The van der Waals surface area contributed by atoms with Gasteiger partial charge in [-0.1, -0.05) is 103 Å². The van der Waals surface area contributed by atoms with E-state index in [0.717, 1.165) is 48.2 Å². The Morgan fingerprint density at radius 3 is 2.27 bits per heavy atom. The number of carbonyl (C=O) groups excluding carboxylic acids is 1. The van der Waals surface area contributed by atoms with Crippen molar-refractivity contribution in [3.63, 3.8) is 0 Å². The Bertz CT molecular complexity index is 1580. The van der Waals surface area contributed by atoms with E-state index in [9.17, 15) is 4.79 Å². The van der Waals surface area contributed by atoms with Crippen molar-refractivity contribution >= 4 is 16.9 Å². The molecule has 1 N–H and O–H groups in total. The normalized spacial score (nSPS) is 22.9. The van der Waals surface area contributed by atoms with Gasteiger partial charge in [-0.05, 0) is 47.6 Å². The molecule has 0 saturated carbocycles. The lowest BCUT2D eigenvalue weighted by molar-refractivity contribution is -0.139. The Morgan fingerprint density at radius 1 is 0.775 bits per heavy atom. The lowest BCUT2D eigenvalue weighted by Crippen LogP contribution is -2.45. The number of hydrogen-bond acceptors (Lipinski definition) is 3. The van der Waals surface area contributed by atoms with Crippen molar-refractivity contribution in [2.75, 3.05) is 19.6 Å². The first-order valence-electron chi connectivity index (χ1n) is 14.5. The Kier molecular flexibility index (Phi) is 6.70.